The molecule has 0 bridgehead atoms. The third-order valence-corrected chi connectivity index (χ3v) is 4.07. The largest absolute Gasteiger partial charge is 0.330 e. The van der Waals surface area contributed by atoms with Crippen LogP contribution in [0.5, 0.6) is 0 Å². The maximum Gasteiger partial charge on any atom is 0.282 e. The Bertz CT molecular complexity index is 719. The second-order valence-electron chi connectivity index (χ2n) is 6.34. The first-order chi connectivity index (χ1) is 11.5. The lowest BCUT2D eigenvalue weighted by Crippen LogP contribution is -2.93. The average Bonchev–Trinajstić information content (AvgIpc) is 2.60. The molecule has 2 atom stereocenters. The molecule has 124 valence electrons. The van der Waals surface area contributed by atoms with Gasteiger partial charge in [-0.1, -0.05) is 50.2 Å². The Balaban J connectivity index is 2.05. The monoisotopic (exact) mass is 322 g/mol. The summed E-state index contributed by atoms with van der Waals surface area (Å²) in [5, 5.41) is 13.9. The van der Waals surface area contributed by atoms with Gasteiger partial charge in [0.05, 0.1) is 11.6 Å². The summed E-state index contributed by atoms with van der Waals surface area (Å²) in [6.45, 7) is 6.23. The lowest BCUT2D eigenvalue weighted by molar-refractivity contribution is -0.718. The van der Waals surface area contributed by atoms with Crippen LogP contribution in [0.1, 0.15) is 37.9 Å². The second kappa shape index (κ2) is 8.28. The molecule has 0 aliphatic rings. The predicted molar refractivity (Wildman–Crippen MR) is 95.2 cm³/mol. The molecule has 0 saturated carbocycles. The van der Waals surface area contributed by atoms with E-state index in [1.54, 1.807) is 24.3 Å². The molecular weight excluding hydrogens is 298 g/mol. The number of nitrogens with two attached hydrogens (primary N) is 1. The zero-order valence-electron chi connectivity index (χ0n) is 14.4. The van der Waals surface area contributed by atoms with Crippen molar-refractivity contribution in [3.05, 3.63) is 65.7 Å². The zero-order valence-corrected chi connectivity index (χ0v) is 14.4. The van der Waals surface area contributed by atoms with Crippen molar-refractivity contribution >= 4 is 11.6 Å². The van der Waals surface area contributed by atoms with Crippen molar-refractivity contribution < 1.29 is 10.1 Å². The fourth-order valence-electron chi connectivity index (χ4n) is 2.71. The number of amides is 1. The Morgan fingerprint density at radius 3 is 2.42 bits per heavy atom. The number of benzene rings is 2. The van der Waals surface area contributed by atoms with Crippen LogP contribution in [0.3, 0.4) is 0 Å². The molecule has 4 nitrogen and oxygen atoms in total. The number of hydrogen-bond acceptors (Lipinski definition) is 2. The molecule has 0 aromatic heterocycles. The van der Waals surface area contributed by atoms with Crippen molar-refractivity contribution in [2.75, 3.05) is 5.32 Å². The Morgan fingerprint density at radius 1 is 1.08 bits per heavy atom. The molecule has 2 aromatic rings. The molecule has 0 fully saturated rings. The van der Waals surface area contributed by atoms with Crippen molar-refractivity contribution in [1.82, 2.24) is 0 Å². The minimum atomic E-state index is -0.233. The number of hydrogen-bond donors (Lipinski definition) is 2. The van der Waals surface area contributed by atoms with Crippen LogP contribution in [0, 0.1) is 17.2 Å². The summed E-state index contributed by atoms with van der Waals surface area (Å²) in [6, 6.07) is 19.3. The lowest BCUT2D eigenvalue weighted by atomic mass is 9.95. The molecule has 4 heteroatoms. The minimum absolute atomic E-state index is 0.0633. The molecule has 3 N–H and O–H groups in total. The van der Waals surface area contributed by atoms with E-state index in [9.17, 15) is 4.79 Å². The molecule has 0 aliphatic carbocycles. The summed E-state index contributed by atoms with van der Waals surface area (Å²) in [6.07, 6.45) is 0. The van der Waals surface area contributed by atoms with Crippen LogP contribution in [-0.4, -0.2) is 11.9 Å². The minimum Gasteiger partial charge on any atom is -0.330 e. The maximum atomic E-state index is 12.5. The van der Waals surface area contributed by atoms with Crippen LogP contribution < -0.4 is 10.6 Å². The molecule has 0 radical (unpaired) electrons. The van der Waals surface area contributed by atoms with E-state index in [4.69, 9.17) is 5.26 Å². The maximum absolute atomic E-state index is 12.5. The highest BCUT2D eigenvalue weighted by molar-refractivity contribution is 5.93. The van der Waals surface area contributed by atoms with E-state index >= 15 is 0 Å². The van der Waals surface area contributed by atoms with Gasteiger partial charge < -0.3 is 10.6 Å². The van der Waals surface area contributed by atoms with Gasteiger partial charge in [0.2, 0.25) is 0 Å². The van der Waals surface area contributed by atoms with E-state index in [-0.39, 0.29) is 18.0 Å². The molecule has 0 saturated heterocycles. The van der Waals surface area contributed by atoms with Crippen LogP contribution in [-0.2, 0) is 4.79 Å². The van der Waals surface area contributed by atoms with Crippen molar-refractivity contribution in [3.63, 3.8) is 0 Å². The normalized spacial score (nSPS) is 13.1. The molecule has 0 spiro atoms. The molecule has 2 aromatic carbocycles. The summed E-state index contributed by atoms with van der Waals surface area (Å²) >= 11 is 0. The number of anilines is 1. The summed E-state index contributed by atoms with van der Waals surface area (Å²) < 4.78 is 0. The van der Waals surface area contributed by atoms with E-state index in [0.717, 1.165) is 0 Å². The number of quaternary nitrogens is 1. The Hall–Kier alpha value is -2.64. The van der Waals surface area contributed by atoms with E-state index in [2.05, 4.69) is 42.7 Å². The highest BCUT2D eigenvalue weighted by Gasteiger charge is 2.25. The van der Waals surface area contributed by atoms with Crippen LogP contribution in [0.4, 0.5) is 5.69 Å². The van der Waals surface area contributed by atoms with Crippen LogP contribution >= 0.6 is 0 Å². The van der Waals surface area contributed by atoms with Gasteiger partial charge in [-0.05, 0) is 25.1 Å². The van der Waals surface area contributed by atoms with Crippen LogP contribution in [0.15, 0.2) is 54.6 Å². The predicted octanol–water partition coefficient (Wildman–Crippen LogP) is 2.85. The lowest BCUT2D eigenvalue weighted by Gasteiger charge is -2.23. The topological polar surface area (TPSA) is 69.5 Å². The molecule has 2 rings (SSSR count). The summed E-state index contributed by atoms with van der Waals surface area (Å²) in [7, 11) is 0. The standard InChI is InChI=1S/C20H23N3O/c1-14(2)19(17-9-5-4-6-10-17)22-15(3)20(24)23-18-11-7-8-16(12-18)13-21/h4-12,14-15,19,22H,1-3H3,(H,23,24)/p+1/t15-,19+/m0/s1. The number of nitrogens with one attached hydrogen (secondary N) is 1. The first-order valence-corrected chi connectivity index (χ1v) is 8.22. The smallest absolute Gasteiger partial charge is 0.282 e. The van der Waals surface area contributed by atoms with Crippen LogP contribution in [0.2, 0.25) is 0 Å². The number of nitriles is 1. The van der Waals surface area contributed by atoms with Crippen molar-refractivity contribution in [2.45, 2.75) is 32.9 Å². The fraction of sp³-hybridized carbons (Fsp3) is 0.300. The third-order valence-electron chi connectivity index (χ3n) is 4.07. The molecule has 0 heterocycles. The van der Waals surface area contributed by atoms with E-state index in [1.165, 1.54) is 5.56 Å². The van der Waals surface area contributed by atoms with E-state index in [0.29, 0.717) is 17.2 Å². The van der Waals surface area contributed by atoms with Gasteiger partial charge in [0.25, 0.3) is 5.91 Å². The number of rotatable bonds is 6. The summed E-state index contributed by atoms with van der Waals surface area (Å²) in [5.41, 5.74) is 2.41. The summed E-state index contributed by atoms with van der Waals surface area (Å²) in [5.74, 6) is 0.344. The first kappa shape index (κ1) is 17.7. The Morgan fingerprint density at radius 2 is 1.79 bits per heavy atom. The van der Waals surface area contributed by atoms with Gasteiger partial charge in [-0.3, -0.25) is 4.79 Å². The van der Waals surface area contributed by atoms with E-state index < -0.39 is 0 Å². The third kappa shape index (κ3) is 4.68. The zero-order chi connectivity index (χ0) is 17.5. The molecular formula is C20H24N3O+. The highest BCUT2D eigenvalue weighted by Crippen LogP contribution is 2.17. The Kier molecular flexibility index (Phi) is 6.11. The number of nitrogens with zero attached hydrogens (tertiary/aromatic N) is 1. The van der Waals surface area contributed by atoms with Gasteiger partial charge in [0, 0.05) is 17.2 Å². The van der Waals surface area contributed by atoms with Gasteiger partial charge in [-0.2, -0.15) is 5.26 Å². The Labute approximate surface area is 143 Å². The van der Waals surface area contributed by atoms with Gasteiger partial charge >= 0.3 is 0 Å². The highest BCUT2D eigenvalue weighted by atomic mass is 16.2. The molecule has 24 heavy (non-hydrogen) atoms. The van der Waals surface area contributed by atoms with Crippen LogP contribution in [0.25, 0.3) is 0 Å². The number of carbonyl (C=O) groups excluding carboxylic acids is 1. The summed E-state index contributed by atoms with van der Waals surface area (Å²) in [4.78, 5) is 12.5. The van der Waals surface area contributed by atoms with Gasteiger partial charge in [-0.15, -0.1) is 0 Å². The number of carbonyl (C=O) groups is 1. The molecule has 1 amide bonds. The SMILES string of the molecule is CC(C)[C@@H]([NH2+][C@@H](C)C(=O)Nc1cccc(C#N)c1)c1ccccc1. The van der Waals surface area contributed by atoms with E-state index in [1.807, 2.05) is 25.1 Å². The average molecular weight is 322 g/mol. The van der Waals surface area contributed by atoms with Crippen molar-refractivity contribution in [3.8, 4) is 6.07 Å². The van der Waals surface area contributed by atoms with Gasteiger partial charge in [0.1, 0.15) is 6.04 Å². The fourth-order valence-corrected chi connectivity index (χ4v) is 2.71. The van der Waals surface area contributed by atoms with Gasteiger partial charge in [0.15, 0.2) is 6.04 Å². The van der Waals surface area contributed by atoms with Crippen molar-refractivity contribution in [2.24, 2.45) is 5.92 Å². The van der Waals surface area contributed by atoms with Gasteiger partial charge in [-0.25, -0.2) is 0 Å². The van der Waals surface area contributed by atoms with Crippen molar-refractivity contribution in [1.29, 1.82) is 5.26 Å². The molecule has 0 aliphatic heterocycles. The first-order valence-electron chi connectivity index (χ1n) is 8.22. The molecule has 0 unspecified atom stereocenters. The second-order valence-corrected chi connectivity index (χ2v) is 6.34. The quantitative estimate of drug-likeness (QED) is 0.858.